The molecule has 0 fully saturated rings. The van der Waals surface area contributed by atoms with E-state index in [2.05, 4.69) is 10.6 Å². The van der Waals surface area contributed by atoms with Gasteiger partial charge in [-0.15, -0.1) is 0 Å². The summed E-state index contributed by atoms with van der Waals surface area (Å²) in [4.78, 5) is 53.6. The Bertz CT molecular complexity index is 1410. The van der Waals surface area contributed by atoms with Crippen molar-refractivity contribution in [2.24, 2.45) is 0 Å². The lowest BCUT2D eigenvalue weighted by atomic mass is 9.95. The highest BCUT2D eigenvalue weighted by Crippen LogP contribution is 2.33. The van der Waals surface area contributed by atoms with E-state index in [1.807, 2.05) is 0 Å². The number of urea groups is 2. The number of amides is 4. The smallest absolute Gasteiger partial charge is 0.338 e. The first-order valence-corrected chi connectivity index (χ1v) is 14.8. The number of nitrogens with one attached hydrogen (secondary N) is 2. The van der Waals surface area contributed by atoms with Crippen molar-refractivity contribution in [3.8, 4) is 11.5 Å². The van der Waals surface area contributed by atoms with Gasteiger partial charge in [0.2, 0.25) is 6.79 Å². The predicted octanol–water partition coefficient (Wildman–Crippen LogP) is 3.42. The van der Waals surface area contributed by atoms with Gasteiger partial charge in [0.25, 0.3) is 0 Å². The van der Waals surface area contributed by atoms with Gasteiger partial charge in [0.05, 0.1) is 36.4 Å². The highest BCUT2D eigenvalue weighted by molar-refractivity contribution is 5.95. The van der Waals surface area contributed by atoms with Crippen LogP contribution in [0.2, 0.25) is 0 Å². The van der Waals surface area contributed by atoms with E-state index in [4.69, 9.17) is 28.4 Å². The molecule has 0 radical (unpaired) electrons. The van der Waals surface area contributed by atoms with Crippen molar-refractivity contribution in [1.29, 1.82) is 0 Å². The van der Waals surface area contributed by atoms with Crippen molar-refractivity contribution in [3.63, 3.8) is 0 Å². The third-order valence-corrected chi connectivity index (χ3v) is 7.87. The molecule has 0 aromatic heterocycles. The van der Waals surface area contributed by atoms with Crippen LogP contribution < -0.4 is 20.1 Å². The zero-order valence-electron chi connectivity index (χ0n) is 27.3. The van der Waals surface area contributed by atoms with E-state index < -0.39 is 24.0 Å². The quantitative estimate of drug-likeness (QED) is 0.176. The van der Waals surface area contributed by atoms with Crippen LogP contribution in [0.3, 0.4) is 0 Å². The molecule has 4 amide bonds. The molecule has 2 N–H and O–H groups in total. The molecule has 2 atom stereocenters. The van der Waals surface area contributed by atoms with E-state index in [-0.39, 0.29) is 45.3 Å². The Morgan fingerprint density at radius 1 is 0.638 bits per heavy atom. The summed E-state index contributed by atoms with van der Waals surface area (Å²) in [5.74, 6) is -0.0841. The van der Waals surface area contributed by atoms with Crippen LogP contribution in [0.15, 0.2) is 71.1 Å². The van der Waals surface area contributed by atoms with E-state index in [0.717, 1.165) is 0 Å². The molecule has 0 bridgehead atoms. The van der Waals surface area contributed by atoms with Gasteiger partial charge in [0.15, 0.2) is 0 Å². The van der Waals surface area contributed by atoms with Crippen LogP contribution in [0.4, 0.5) is 9.59 Å². The largest absolute Gasteiger partial charge is 0.460 e. The zero-order chi connectivity index (χ0) is 34.1. The Kier molecular flexibility index (Phi) is 11.8. The molecule has 4 rings (SSSR count). The molecule has 2 aliphatic rings. The third kappa shape index (κ3) is 8.20. The van der Waals surface area contributed by atoms with Crippen molar-refractivity contribution in [1.82, 2.24) is 20.4 Å². The number of methoxy groups -OCH3 is 2. The van der Waals surface area contributed by atoms with Gasteiger partial charge >= 0.3 is 24.0 Å². The molecule has 2 unspecified atom stereocenters. The topological polar surface area (TPSA) is 154 Å². The molecule has 252 valence electrons. The van der Waals surface area contributed by atoms with E-state index in [1.54, 1.807) is 76.5 Å². The van der Waals surface area contributed by atoms with Gasteiger partial charge < -0.3 is 48.9 Å². The van der Waals surface area contributed by atoms with Crippen molar-refractivity contribution < 1.29 is 47.6 Å². The summed E-state index contributed by atoms with van der Waals surface area (Å²) in [6, 6.07) is 11.7. The van der Waals surface area contributed by atoms with E-state index in [0.29, 0.717) is 45.2 Å². The lowest BCUT2D eigenvalue weighted by Gasteiger charge is -2.33. The number of carbonyl (C=O) groups excluding carboxylic acids is 4. The maximum Gasteiger partial charge on any atom is 0.338 e. The Morgan fingerprint density at radius 2 is 1.00 bits per heavy atom. The molecule has 0 aliphatic carbocycles. The lowest BCUT2D eigenvalue weighted by Crippen LogP contribution is -2.46. The first kappa shape index (κ1) is 34.8. The molecule has 2 aliphatic heterocycles. The van der Waals surface area contributed by atoms with Crippen LogP contribution in [-0.2, 0) is 28.5 Å². The van der Waals surface area contributed by atoms with E-state index >= 15 is 0 Å². The highest BCUT2D eigenvalue weighted by Gasteiger charge is 2.36. The molecule has 0 saturated heterocycles. The summed E-state index contributed by atoms with van der Waals surface area (Å²) >= 11 is 0. The number of hydrogen-bond acceptors (Lipinski definition) is 10. The first-order valence-electron chi connectivity index (χ1n) is 14.8. The fourth-order valence-electron chi connectivity index (χ4n) is 4.97. The molecule has 2 heterocycles. The van der Waals surface area contributed by atoms with Crippen LogP contribution in [0.25, 0.3) is 0 Å². The van der Waals surface area contributed by atoms with Gasteiger partial charge in [-0.1, -0.05) is 24.3 Å². The van der Waals surface area contributed by atoms with Gasteiger partial charge in [0.1, 0.15) is 24.7 Å². The molecule has 14 heteroatoms. The second-order valence-corrected chi connectivity index (χ2v) is 10.7. The van der Waals surface area contributed by atoms with Crippen LogP contribution in [0.5, 0.6) is 11.5 Å². The summed E-state index contributed by atoms with van der Waals surface area (Å²) in [5.41, 5.74) is 2.96. The summed E-state index contributed by atoms with van der Waals surface area (Å²) in [6.07, 6.45) is 0. The minimum atomic E-state index is -0.710. The van der Waals surface area contributed by atoms with Crippen molar-refractivity contribution in [3.05, 3.63) is 82.2 Å². The van der Waals surface area contributed by atoms with Gasteiger partial charge in [-0.2, -0.15) is 0 Å². The van der Waals surface area contributed by atoms with Crippen molar-refractivity contribution >= 4 is 24.0 Å². The third-order valence-electron chi connectivity index (χ3n) is 7.87. The average molecular weight is 653 g/mol. The van der Waals surface area contributed by atoms with Crippen LogP contribution in [-0.4, -0.2) is 95.3 Å². The summed E-state index contributed by atoms with van der Waals surface area (Å²) in [6.45, 7) is 3.96. The Morgan fingerprint density at radius 3 is 1.34 bits per heavy atom. The van der Waals surface area contributed by atoms with E-state index in [9.17, 15) is 19.2 Å². The van der Waals surface area contributed by atoms with Crippen LogP contribution in [0.1, 0.15) is 37.1 Å². The second-order valence-electron chi connectivity index (χ2n) is 10.7. The molecular weight excluding hydrogens is 612 g/mol. The Labute approximate surface area is 273 Å². The zero-order valence-corrected chi connectivity index (χ0v) is 27.3. The molecule has 14 nitrogen and oxygen atoms in total. The number of hydrogen-bond donors (Lipinski definition) is 2. The normalized spacial score (nSPS) is 18.1. The lowest BCUT2D eigenvalue weighted by molar-refractivity contribution is -0.141. The summed E-state index contributed by atoms with van der Waals surface area (Å²) in [7, 11) is 6.19. The monoisotopic (exact) mass is 652 g/mol. The molecule has 0 spiro atoms. The Hall–Kier alpha value is -5.08. The highest BCUT2D eigenvalue weighted by atomic mass is 16.7. The number of ether oxygens (including phenoxy) is 6. The van der Waals surface area contributed by atoms with Crippen molar-refractivity contribution in [2.75, 3.05) is 61.5 Å². The maximum absolute atomic E-state index is 12.9. The van der Waals surface area contributed by atoms with E-state index in [1.165, 1.54) is 24.0 Å². The molecule has 2 aromatic rings. The standard InChI is InChI=1S/C33H40N4O10/c1-20-26(30(38)44-17-15-42-5)28(34-32(40)36(20)3)22-7-11-24(12-8-22)46-19-47-25-13-9-23(10-14-25)29-27(31(39)45-18-16-43-6)21(2)37(4)33(41)35-29/h7-14,28-29H,15-19H2,1-6H3,(H,34,40)(H,35,41). The number of esters is 2. The number of benzene rings is 2. The minimum Gasteiger partial charge on any atom is -0.460 e. The second kappa shape index (κ2) is 16.0. The van der Waals surface area contributed by atoms with Gasteiger partial charge in [-0.05, 0) is 49.2 Å². The average Bonchev–Trinajstić information content (AvgIpc) is 3.06. The Balaban J connectivity index is 1.39. The SMILES string of the molecule is COCCOC(=O)C1=C(C)N(C)C(=O)NC1c1ccc(OCOc2ccc(C3NC(=O)N(C)C(C)=C3C(=O)OCCOC)cc2)cc1. The van der Waals surface area contributed by atoms with Gasteiger partial charge in [0, 0.05) is 39.7 Å². The fourth-order valence-corrected chi connectivity index (χ4v) is 4.97. The van der Waals surface area contributed by atoms with Gasteiger partial charge in [-0.25, -0.2) is 19.2 Å². The van der Waals surface area contributed by atoms with Crippen LogP contribution >= 0.6 is 0 Å². The summed E-state index contributed by atoms with van der Waals surface area (Å²) < 4.78 is 32.1. The predicted molar refractivity (Wildman–Crippen MR) is 168 cm³/mol. The van der Waals surface area contributed by atoms with Gasteiger partial charge in [-0.3, -0.25) is 0 Å². The maximum atomic E-state index is 12.9. The molecule has 2 aromatic carbocycles. The fraction of sp³-hybridized carbons (Fsp3) is 0.394. The molecular formula is C33H40N4O10. The molecule has 47 heavy (non-hydrogen) atoms. The number of nitrogens with zero attached hydrogens (tertiary/aromatic N) is 2. The number of carbonyl (C=O) groups is 4. The van der Waals surface area contributed by atoms with Crippen molar-refractivity contribution in [2.45, 2.75) is 25.9 Å². The number of allylic oxidation sites excluding steroid dienone is 2. The summed E-state index contributed by atoms with van der Waals surface area (Å²) in [5, 5.41) is 5.69. The minimum absolute atomic E-state index is 0.0858. The van der Waals surface area contributed by atoms with Crippen LogP contribution in [0, 0.1) is 0 Å². The first-order chi connectivity index (χ1) is 22.6. The number of rotatable bonds is 14. The molecule has 0 saturated carbocycles.